The number of halogens is 1. The van der Waals surface area contributed by atoms with Gasteiger partial charge in [-0.05, 0) is 73.0 Å². The van der Waals surface area contributed by atoms with Gasteiger partial charge in [0.2, 0.25) is 0 Å². The number of carbonyl (C=O) groups is 2. The fourth-order valence-corrected chi connectivity index (χ4v) is 2.38. The zero-order chi connectivity index (χ0) is 18.4. The lowest BCUT2D eigenvalue weighted by molar-refractivity contribution is -0.142. The van der Waals surface area contributed by atoms with Crippen molar-refractivity contribution in [2.24, 2.45) is 0 Å². The van der Waals surface area contributed by atoms with Gasteiger partial charge in [0.05, 0.1) is 7.11 Å². The summed E-state index contributed by atoms with van der Waals surface area (Å²) in [4.78, 5) is 23.3. The van der Waals surface area contributed by atoms with E-state index in [-0.39, 0.29) is 18.2 Å². The van der Waals surface area contributed by atoms with Crippen molar-refractivity contribution < 1.29 is 23.5 Å². The third kappa shape index (κ3) is 5.01. The predicted molar refractivity (Wildman–Crippen MR) is 93.2 cm³/mol. The van der Waals surface area contributed by atoms with Crippen LogP contribution in [0.3, 0.4) is 0 Å². The zero-order valence-electron chi connectivity index (χ0n) is 14.3. The van der Waals surface area contributed by atoms with Crippen molar-refractivity contribution in [2.75, 3.05) is 13.7 Å². The Bertz CT molecular complexity index is 784. The molecule has 0 amide bonds. The van der Waals surface area contributed by atoms with Crippen LogP contribution in [0.4, 0.5) is 4.39 Å². The quantitative estimate of drug-likeness (QED) is 0.454. The number of hydrogen-bond acceptors (Lipinski definition) is 4. The number of carbonyl (C=O) groups excluding carboxylic acids is 2. The molecule has 2 aromatic rings. The van der Waals surface area contributed by atoms with Gasteiger partial charge >= 0.3 is 5.97 Å². The molecule has 0 saturated carbocycles. The van der Waals surface area contributed by atoms with E-state index in [1.54, 1.807) is 6.08 Å². The highest BCUT2D eigenvalue weighted by Crippen LogP contribution is 2.25. The van der Waals surface area contributed by atoms with Gasteiger partial charge in [0.1, 0.15) is 11.6 Å². The fraction of sp³-hybridized carbons (Fsp3) is 0.200. The molecule has 0 aliphatic rings. The second-order valence-electron chi connectivity index (χ2n) is 5.55. The van der Waals surface area contributed by atoms with Crippen molar-refractivity contribution in [1.29, 1.82) is 0 Å². The molecule has 0 aliphatic heterocycles. The number of allylic oxidation sites excluding steroid dienone is 1. The molecule has 0 fully saturated rings. The van der Waals surface area contributed by atoms with Gasteiger partial charge in [0.25, 0.3) is 0 Å². The van der Waals surface area contributed by atoms with Crippen LogP contribution in [0.5, 0.6) is 5.75 Å². The molecule has 0 radical (unpaired) electrons. The number of hydrogen-bond donors (Lipinski definition) is 0. The fourth-order valence-electron chi connectivity index (χ4n) is 2.38. The number of methoxy groups -OCH3 is 1. The first kappa shape index (κ1) is 18.4. The highest BCUT2D eigenvalue weighted by Gasteiger charge is 2.09. The van der Waals surface area contributed by atoms with Crippen molar-refractivity contribution in [3.63, 3.8) is 0 Å². The Kier molecular flexibility index (Phi) is 6.06. The van der Waals surface area contributed by atoms with E-state index in [1.807, 2.05) is 26.0 Å². The Balaban J connectivity index is 2.13. The summed E-state index contributed by atoms with van der Waals surface area (Å²) in [6, 6.07) is 9.11. The van der Waals surface area contributed by atoms with Crippen LogP contribution in [0.15, 0.2) is 42.5 Å². The normalized spacial score (nSPS) is 10.7. The van der Waals surface area contributed by atoms with E-state index in [0.717, 1.165) is 16.7 Å². The first-order chi connectivity index (χ1) is 11.9. The molecule has 2 aromatic carbocycles. The third-order valence-corrected chi connectivity index (χ3v) is 3.60. The molecule has 0 saturated heterocycles. The lowest BCUT2D eigenvalue weighted by Crippen LogP contribution is -2.13. The van der Waals surface area contributed by atoms with Crippen LogP contribution in [0, 0.1) is 19.7 Å². The van der Waals surface area contributed by atoms with Gasteiger partial charge in [-0.2, -0.15) is 0 Å². The van der Waals surface area contributed by atoms with Gasteiger partial charge in [-0.15, -0.1) is 0 Å². The maximum atomic E-state index is 12.9. The largest absolute Gasteiger partial charge is 0.481 e. The number of rotatable bonds is 6. The summed E-state index contributed by atoms with van der Waals surface area (Å²) in [6.45, 7) is 3.56. The van der Waals surface area contributed by atoms with Crippen LogP contribution >= 0.6 is 0 Å². The van der Waals surface area contributed by atoms with E-state index in [9.17, 15) is 14.0 Å². The van der Waals surface area contributed by atoms with Crippen molar-refractivity contribution in [2.45, 2.75) is 13.8 Å². The Morgan fingerprint density at radius 3 is 2.24 bits per heavy atom. The van der Waals surface area contributed by atoms with Crippen molar-refractivity contribution in [3.8, 4) is 5.75 Å². The molecule has 0 N–H and O–H groups in total. The second kappa shape index (κ2) is 8.24. The number of esters is 1. The van der Waals surface area contributed by atoms with E-state index < -0.39 is 5.97 Å². The molecule has 0 aromatic heterocycles. The maximum Gasteiger partial charge on any atom is 0.343 e. The van der Waals surface area contributed by atoms with E-state index >= 15 is 0 Å². The summed E-state index contributed by atoms with van der Waals surface area (Å²) < 4.78 is 22.9. The molecule has 0 bridgehead atoms. The highest BCUT2D eigenvalue weighted by atomic mass is 19.1. The van der Waals surface area contributed by atoms with Crippen LogP contribution in [-0.4, -0.2) is 25.5 Å². The average Bonchev–Trinajstić information content (AvgIpc) is 2.59. The molecule has 2 rings (SSSR count). The molecule has 0 atom stereocenters. The van der Waals surface area contributed by atoms with Gasteiger partial charge in [-0.25, -0.2) is 9.18 Å². The van der Waals surface area contributed by atoms with Crippen molar-refractivity contribution >= 4 is 17.8 Å². The molecule has 130 valence electrons. The van der Waals surface area contributed by atoms with Gasteiger partial charge in [-0.1, -0.05) is 6.08 Å². The summed E-state index contributed by atoms with van der Waals surface area (Å²) in [7, 11) is 1.30. The molecule has 0 unspecified atom stereocenters. The molecule has 5 heteroatoms. The maximum absolute atomic E-state index is 12.9. The predicted octanol–water partition coefficient (Wildman–Crippen LogP) is 3.89. The topological polar surface area (TPSA) is 52.6 Å². The van der Waals surface area contributed by atoms with Crippen LogP contribution < -0.4 is 4.74 Å². The molecule has 25 heavy (non-hydrogen) atoms. The third-order valence-electron chi connectivity index (χ3n) is 3.60. The minimum atomic E-state index is -0.451. The van der Waals surface area contributed by atoms with E-state index in [4.69, 9.17) is 4.74 Å². The summed E-state index contributed by atoms with van der Waals surface area (Å²) in [6.07, 6.45) is 3.13. The second-order valence-corrected chi connectivity index (χ2v) is 5.55. The first-order valence-electron chi connectivity index (χ1n) is 7.69. The SMILES string of the molecule is COC(=O)COc1c(C)cc(/C=C/C(=O)c2ccc(F)cc2)cc1C. The molecular formula is C20H19FO4. The van der Waals surface area contributed by atoms with Gasteiger partial charge in [0, 0.05) is 5.56 Å². The summed E-state index contributed by atoms with van der Waals surface area (Å²) in [5.74, 6) is -0.421. The summed E-state index contributed by atoms with van der Waals surface area (Å²) in [5, 5.41) is 0. The van der Waals surface area contributed by atoms with Crippen LogP contribution in [0.2, 0.25) is 0 Å². The number of benzene rings is 2. The molecule has 4 nitrogen and oxygen atoms in total. The van der Waals surface area contributed by atoms with Crippen LogP contribution in [0.25, 0.3) is 6.08 Å². The lowest BCUT2D eigenvalue weighted by atomic mass is 10.0. The summed E-state index contributed by atoms with van der Waals surface area (Å²) in [5.41, 5.74) is 2.94. The van der Waals surface area contributed by atoms with E-state index in [2.05, 4.69) is 4.74 Å². The van der Waals surface area contributed by atoms with Crippen molar-refractivity contribution in [3.05, 3.63) is 70.5 Å². The van der Waals surface area contributed by atoms with Gasteiger partial charge < -0.3 is 9.47 Å². The smallest absolute Gasteiger partial charge is 0.343 e. The van der Waals surface area contributed by atoms with Crippen LogP contribution in [0.1, 0.15) is 27.0 Å². The Labute approximate surface area is 145 Å². The van der Waals surface area contributed by atoms with Crippen LogP contribution in [-0.2, 0) is 9.53 Å². The Hall–Kier alpha value is -2.95. The summed E-state index contributed by atoms with van der Waals surface area (Å²) >= 11 is 0. The lowest BCUT2D eigenvalue weighted by Gasteiger charge is -2.12. The molecular weight excluding hydrogens is 323 g/mol. The monoisotopic (exact) mass is 342 g/mol. The highest BCUT2D eigenvalue weighted by molar-refractivity contribution is 6.06. The van der Waals surface area contributed by atoms with E-state index in [0.29, 0.717) is 11.3 Å². The Morgan fingerprint density at radius 1 is 1.08 bits per heavy atom. The Morgan fingerprint density at radius 2 is 1.68 bits per heavy atom. The first-order valence-corrected chi connectivity index (χ1v) is 7.69. The van der Waals surface area contributed by atoms with Gasteiger partial charge in [-0.3, -0.25) is 4.79 Å². The van der Waals surface area contributed by atoms with Crippen molar-refractivity contribution in [1.82, 2.24) is 0 Å². The molecule has 0 aliphatic carbocycles. The number of aryl methyl sites for hydroxylation is 2. The minimum Gasteiger partial charge on any atom is -0.481 e. The standard InChI is InChI=1S/C20H19FO4/c1-13-10-15(11-14(2)20(13)25-12-19(23)24-3)4-9-18(22)16-5-7-17(21)8-6-16/h4-11H,12H2,1-3H3/b9-4+. The van der Waals surface area contributed by atoms with Gasteiger partial charge in [0.15, 0.2) is 12.4 Å². The zero-order valence-corrected chi connectivity index (χ0v) is 14.3. The van der Waals surface area contributed by atoms with E-state index in [1.165, 1.54) is 37.5 Å². The average molecular weight is 342 g/mol. The molecule has 0 spiro atoms. The number of ether oxygens (including phenoxy) is 2. The number of ketones is 1. The minimum absolute atomic E-state index is 0.156. The molecule has 0 heterocycles.